The number of nitrogens with zero attached hydrogens (tertiary/aromatic N) is 3. The number of hydrogen-bond acceptors (Lipinski definition) is 5. The largest absolute Gasteiger partial charge is 0.416 e. The minimum Gasteiger partial charge on any atom is -0.416 e. The van der Waals surface area contributed by atoms with E-state index in [0.29, 0.717) is 17.0 Å². The highest BCUT2D eigenvalue weighted by Gasteiger charge is 2.21. The molecule has 0 spiro atoms. The summed E-state index contributed by atoms with van der Waals surface area (Å²) in [6.45, 7) is 8.15. The SMILES string of the molecule is C=C(C)c1nnc(-c2cc3c([nH]c2=O)CCN(Cc2ccccc2)C3)o1. The van der Waals surface area contributed by atoms with Crippen LogP contribution in [-0.2, 0) is 19.5 Å². The fourth-order valence-electron chi connectivity index (χ4n) is 3.21. The molecule has 0 fully saturated rings. The zero-order chi connectivity index (χ0) is 18.1. The molecule has 3 aromatic rings. The van der Waals surface area contributed by atoms with Gasteiger partial charge in [-0.15, -0.1) is 10.2 Å². The van der Waals surface area contributed by atoms with Crippen molar-refractivity contribution in [1.82, 2.24) is 20.1 Å². The lowest BCUT2D eigenvalue weighted by Gasteiger charge is -2.28. The molecule has 6 nitrogen and oxygen atoms in total. The van der Waals surface area contributed by atoms with E-state index in [-0.39, 0.29) is 11.4 Å². The predicted molar refractivity (Wildman–Crippen MR) is 99.3 cm³/mol. The van der Waals surface area contributed by atoms with E-state index in [1.54, 1.807) is 6.92 Å². The van der Waals surface area contributed by atoms with Gasteiger partial charge in [0.15, 0.2) is 0 Å². The van der Waals surface area contributed by atoms with Crippen LogP contribution in [0.25, 0.3) is 17.0 Å². The number of benzene rings is 1. The second-order valence-corrected chi connectivity index (χ2v) is 6.65. The summed E-state index contributed by atoms with van der Waals surface area (Å²) in [6.07, 6.45) is 0.818. The lowest BCUT2D eigenvalue weighted by atomic mass is 10.0. The molecule has 1 aliphatic heterocycles. The standard InChI is InChI=1S/C20H20N4O2/c1-13(2)19-22-23-20(26-19)16-10-15-12-24(9-8-17(15)21-18(16)25)11-14-6-4-3-5-7-14/h3-7,10H,1,8-9,11-12H2,2H3,(H,21,25). The topological polar surface area (TPSA) is 75.0 Å². The predicted octanol–water partition coefficient (Wildman–Crippen LogP) is 3.02. The van der Waals surface area contributed by atoms with Gasteiger partial charge in [-0.3, -0.25) is 9.69 Å². The number of aromatic nitrogens is 3. The fraction of sp³-hybridized carbons (Fsp3) is 0.250. The summed E-state index contributed by atoms with van der Waals surface area (Å²) >= 11 is 0. The third-order valence-corrected chi connectivity index (χ3v) is 4.56. The van der Waals surface area contributed by atoms with E-state index in [0.717, 1.165) is 37.3 Å². The molecule has 0 atom stereocenters. The van der Waals surface area contributed by atoms with Crippen LogP contribution < -0.4 is 5.56 Å². The van der Waals surface area contributed by atoms with Crippen molar-refractivity contribution >= 4 is 5.57 Å². The van der Waals surface area contributed by atoms with Crippen molar-refractivity contribution in [3.8, 4) is 11.5 Å². The molecule has 1 aliphatic rings. The van der Waals surface area contributed by atoms with Crippen LogP contribution in [0.3, 0.4) is 0 Å². The molecule has 2 aromatic heterocycles. The van der Waals surface area contributed by atoms with Crippen LogP contribution in [0.1, 0.15) is 29.6 Å². The molecule has 0 saturated heterocycles. The average molecular weight is 348 g/mol. The van der Waals surface area contributed by atoms with Crippen LogP contribution in [0, 0.1) is 0 Å². The zero-order valence-electron chi connectivity index (χ0n) is 14.7. The smallest absolute Gasteiger partial charge is 0.260 e. The van der Waals surface area contributed by atoms with E-state index in [9.17, 15) is 4.79 Å². The quantitative estimate of drug-likeness (QED) is 0.784. The Balaban J connectivity index is 1.61. The van der Waals surface area contributed by atoms with Crippen molar-refractivity contribution in [2.75, 3.05) is 6.54 Å². The molecular formula is C20H20N4O2. The Labute approximate surface area is 151 Å². The normalized spacial score (nSPS) is 14.2. The molecule has 0 amide bonds. The van der Waals surface area contributed by atoms with Gasteiger partial charge in [-0.1, -0.05) is 36.9 Å². The first kappa shape index (κ1) is 16.5. The first-order chi connectivity index (χ1) is 12.6. The minimum absolute atomic E-state index is 0.197. The molecule has 0 aliphatic carbocycles. The van der Waals surface area contributed by atoms with E-state index >= 15 is 0 Å². The van der Waals surface area contributed by atoms with Gasteiger partial charge in [0.2, 0.25) is 5.89 Å². The maximum Gasteiger partial charge on any atom is 0.260 e. The Hall–Kier alpha value is -2.99. The Bertz CT molecular complexity index is 1000. The van der Waals surface area contributed by atoms with Crippen LogP contribution in [0.2, 0.25) is 0 Å². The number of H-pyrrole nitrogens is 1. The van der Waals surface area contributed by atoms with Gasteiger partial charge >= 0.3 is 0 Å². The van der Waals surface area contributed by atoms with Gasteiger partial charge in [-0.25, -0.2) is 0 Å². The van der Waals surface area contributed by atoms with E-state index < -0.39 is 0 Å². The molecule has 0 saturated carbocycles. The van der Waals surface area contributed by atoms with E-state index in [4.69, 9.17) is 4.42 Å². The first-order valence-corrected chi connectivity index (χ1v) is 8.61. The summed E-state index contributed by atoms with van der Waals surface area (Å²) in [5.41, 5.74) is 4.25. The molecule has 0 unspecified atom stereocenters. The molecule has 4 rings (SSSR count). The number of rotatable bonds is 4. The monoisotopic (exact) mass is 348 g/mol. The third kappa shape index (κ3) is 3.23. The number of allylic oxidation sites excluding steroid dienone is 1. The molecule has 26 heavy (non-hydrogen) atoms. The molecule has 0 radical (unpaired) electrons. The molecule has 1 N–H and O–H groups in total. The third-order valence-electron chi connectivity index (χ3n) is 4.56. The maximum atomic E-state index is 12.4. The Morgan fingerprint density at radius 1 is 1.31 bits per heavy atom. The number of aromatic amines is 1. The second-order valence-electron chi connectivity index (χ2n) is 6.65. The van der Waals surface area contributed by atoms with Crippen LogP contribution in [0.4, 0.5) is 0 Å². The molecular weight excluding hydrogens is 328 g/mol. The van der Waals surface area contributed by atoms with Gasteiger partial charge in [-0.2, -0.15) is 0 Å². The average Bonchev–Trinajstić information content (AvgIpc) is 3.12. The highest BCUT2D eigenvalue weighted by molar-refractivity contribution is 5.57. The van der Waals surface area contributed by atoms with Crippen molar-refractivity contribution in [1.29, 1.82) is 0 Å². The van der Waals surface area contributed by atoms with Gasteiger partial charge in [0.25, 0.3) is 11.4 Å². The van der Waals surface area contributed by atoms with Crippen LogP contribution in [-0.4, -0.2) is 26.6 Å². The van der Waals surface area contributed by atoms with E-state index in [1.165, 1.54) is 5.56 Å². The Morgan fingerprint density at radius 3 is 2.85 bits per heavy atom. The summed E-state index contributed by atoms with van der Waals surface area (Å²) in [5.74, 6) is 0.579. The Morgan fingerprint density at radius 2 is 2.12 bits per heavy atom. The van der Waals surface area contributed by atoms with Crippen molar-refractivity contribution < 1.29 is 4.42 Å². The fourth-order valence-corrected chi connectivity index (χ4v) is 3.21. The van der Waals surface area contributed by atoms with Crippen LogP contribution >= 0.6 is 0 Å². The summed E-state index contributed by atoms with van der Waals surface area (Å²) in [4.78, 5) is 17.8. The molecule has 132 valence electrons. The van der Waals surface area contributed by atoms with E-state index in [1.807, 2.05) is 12.1 Å². The van der Waals surface area contributed by atoms with Gasteiger partial charge in [0, 0.05) is 37.3 Å². The highest BCUT2D eigenvalue weighted by atomic mass is 16.4. The first-order valence-electron chi connectivity index (χ1n) is 8.61. The molecule has 3 heterocycles. The maximum absolute atomic E-state index is 12.4. The summed E-state index contributed by atoms with van der Waals surface area (Å²) < 4.78 is 5.57. The number of fused-ring (bicyclic) bond motifs is 1. The van der Waals surface area contributed by atoms with Crippen molar-refractivity contribution in [3.05, 3.63) is 76.0 Å². The van der Waals surface area contributed by atoms with Crippen molar-refractivity contribution in [2.24, 2.45) is 0 Å². The lowest BCUT2D eigenvalue weighted by Crippen LogP contribution is -2.32. The summed E-state index contributed by atoms with van der Waals surface area (Å²) in [5, 5.41) is 7.93. The van der Waals surface area contributed by atoms with Crippen LogP contribution in [0.5, 0.6) is 0 Å². The molecule has 0 bridgehead atoms. The number of hydrogen-bond donors (Lipinski definition) is 1. The lowest BCUT2D eigenvalue weighted by molar-refractivity contribution is 0.243. The van der Waals surface area contributed by atoms with Crippen molar-refractivity contribution in [3.63, 3.8) is 0 Å². The van der Waals surface area contributed by atoms with Gasteiger partial charge in [0.1, 0.15) is 5.56 Å². The van der Waals surface area contributed by atoms with Gasteiger partial charge in [-0.05, 0) is 24.1 Å². The van der Waals surface area contributed by atoms with Gasteiger partial charge in [0.05, 0.1) is 0 Å². The number of nitrogens with one attached hydrogen (secondary N) is 1. The van der Waals surface area contributed by atoms with Crippen molar-refractivity contribution in [2.45, 2.75) is 26.4 Å². The molecule has 6 heteroatoms. The summed E-state index contributed by atoms with van der Waals surface area (Å²) in [6, 6.07) is 12.3. The zero-order valence-corrected chi connectivity index (χ0v) is 14.7. The highest BCUT2D eigenvalue weighted by Crippen LogP contribution is 2.23. The summed E-state index contributed by atoms with van der Waals surface area (Å²) in [7, 11) is 0. The minimum atomic E-state index is -0.197. The Kier molecular flexibility index (Phi) is 4.26. The van der Waals surface area contributed by atoms with Crippen LogP contribution in [0.15, 0.2) is 52.2 Å². The molecule has 1 aromatic carbocycles. The van der Waals surface area contributed by atoms with E-state index in [2.05, 4.69) is 50.9 Å². The number of pyridine rings is 1. The second kappa shape index (κ2) is 6.72. The van der Waals surface area contributed by atoms with Gasteiger partial charge < -0.3 is 9.40 Å².